The van der Waals surface area contributed by atoms with E-state index >= 15 is 0 Å². The molecule has 3 rings (SSSR count). The van der Waals surface area contributed by atoms with E-state index in [2.05, 4.69) is 66.5 Å². The molecule has 0 atom stereocenters. The van der Waals surface area contributed by atoms with Crippen molar-refractivity contribution in [1.29, 1.82) is 0 Å². The molecule has 0 radical (unpaired) electrons. The fourth-order valence-electron chi connectivity index (χ4n) is 4.16. The third-order valence-electron chi connectivity index (χ3n) is 5.97. The van der Waals surface area contributed by atoms with Gasteiger partial charge >= 0.3 is 0 Å². The lowest BCUT2D eigenvalue weighted by molar-refractivity contribution is 0.199. The number of anilines is 2. The number of benzene rings is 2. The predicted molar refractivity (Wildman–Crippen MR) is 129 cm³/mol. The van der Waals surface area contributed by atoms with Crippen molar-refractivity contribution < 1.29 is 5.11 Å². The van der Waals surface area contributed by atoms with Gasteiger partial charge in [0.25, 0.3) is 0 Å². The maximum absolute atomic E-state index is 10.5. The van der Waals surface area contributed by atoms with Crippen molar-refractivity contribution in [3.05, 3.63) is 42.5 Å². The van der Waals surface area contributed by atoms with E-state index in [1.807, 2.05) is 12.3 Å². The van der Waals surface area contributed by atoms with Crippen LogP contribution in [0.1, 0.15) is 52.4 Å². The minimum Gasteiger partial charge on any atom is -0.507 e. The molecule has 2 aromatic rings. The summed E-state index contributed by atoms with van der Waals surface area (Å²) in [6.45, 7) is 5.53. The van der Waals surface area contributed by atoms with Crippen LogP contribution < -0.4 is 4.90 Å². The molecular weight excluding hydrogens is 396 g/mol. The molecule has 2 aromatic carbocycles. The second-order valence-electron chi connectivity index (χ2n) is 7.93. The monoisotopic (exact) mass is 430 g/mol. The summed E-state index contributed by atoms with van der Waals surface area (Å²) in [4.78, 5) is 4.54. The smallest absolute Gasteiger partial charge is 0.130 e. The van der Waals surface area contributed by atoms with Crippen molar-refractivity contribution in [3.63, 3.8) is 0 Å². The van der Waals surface area contributed by atoms with Crippen molar-refractivity contribution in [2.45, 2.75) is 67.7 Å². The summed E-state index contributed by atoms with van der Waals surface area (Å²) < 4.78 is 2.48. The van der Waals surface area contributed by atoms with Gasteiger partial charge in [-0.2, -0.15) is 0 Å². The minimum absolute atomic E-state index is 0.0979. The van der Waals surface area contributed by atoms with E-state index in [0.717, 1.165) is 16.3 Å². The number of likely N-dealkylation sites (N-methyl/N-ethyl adjacent to an activating group) is 1. The fraction of sp³-hybridized carbons (Fsp3) is 0.500. The average molecular weight is 431 g/mol. The Labute approximate surface area is 185 Å². The standard InChI is InChI=1S/C24H34N2OS2/c1-5-7-14-24(15-8-6-2)18-26(19-12-10-9-11-13-19)20-16-23(28-4)21(27)17-22(20)29-25(24)3/h9-13,16-17,27H,5-8,14-15,18H2,1-4H3. The first-order valence-electron chi connectivity index (χ1n) is 10.7. The van der Waals surface area contributed by atoms with Gasteiger partial charge in [-0.1, -0.05) is 57.7 Å². The summed E-state index contributed by atoms with van der Waals surface area (Å²) in [6, 6.07) is 14.8. The summed E-state index contributed by atoms with van der Waals surface area (Å²) in [5.74, 6) is 0.375. The van der Waals surface area contributed by atoms with Gasteiger partial charge in [-0.05, 0) is 62.4 Å². The normalized spacial score (nSPS) is 16.5. The third-order valence-corrected chi connectivity index (χ3v) is 7.92. The van der Waals surface area contributed by atoms with Crippen LogP contribution in [-0.2, 0) is 0 Å². The molecule has 158 valence electrons. The topological polar surface area (TPSA) is 26.7 Å². The van der Waals surface area contributed by atoms with E-state index in [4.69, 9.17) is 0 Å². The molecule has 0 aromatic heterocycles. The highest BCUT2D eigenvalue weighted by molar-refractivity contribution is 7.98. The highest BCUT2D eigenvalue weighted by atomic mass is 32.2. The molecule has 0 saturated carbocycles. The maximum atomic E-state index is 10.5. The molecule has 0 bridgehead atoms. The van der Waals surface area contributed by atoms with Crippen LogP contribution in [0.4, 0.5) is 11.4 Å². The van der Waals surface area contributed by atoms with Gasteiger partial charge in [0.05, 0.1) is 15.5 Å². The zero-order chi connectivity index (χ0) is 20.9. The van der Waals surface area contributed by atoms with Gasteiger partial charge in [-0.25, -0.2) is 4.31 Å². The number of rotatable bonds is 8. The Kier molecular flexibility index (Phi) is 7.83. The van der Waals surface area contributed by atoms with Crippen LogP contribution in [0.2, 0.25) is 0 Å². The van der Waals surface area contributed by atoms with Crippen LogP contribution in [0, 0.1) is 0 Å². The predicted octanol–water partition coefficient (Wildman–Crippen LogP) is 7.32. The van der Waals surface area contributed by atoms with Gasteiger partial charge in [0.15, 0.2) is 0 Å². The Hall–Kier alpha value is -1.30. The average Bonchev–Trinajstić information content (AvgIpc) is 2.85. The number of phenolic OH excluding ortho intramolecular Hbond substituents is 1. The highest BCUT2D eigenvalue weighted by Crippen LogP contribution is 2.49. The lowest BCUT2D eigenvalue weighted by Crippen LogP contribution is -2.49. The Bertz CT molecular complexity index is 789. The molecule has 0 unspecified atom stereocenters. The van der Waals surface area contributed by atoms with Crippen molar-refractivity contribution in [2.75, 3.05) is 24.7 Å². The van der Waals surface area contributed by atoms with Gasteiger partial charge < -0.3 is 10.0 Å². The summed E-state index contributed by atoms with van der Waals surface area (Å²) >= 11 is 3.40. The van der Waals surface area contributed by atoms with E-state index < -0.39 is 0 Å². The van der Waals surface area contributed by atoms with Crippen LogP contribution in [0.25, 0.3) is 0 Å². The highest BCUT2D eigenvalue weighted by Gasteiger charge is 2.40. The first kappa shape index (κ1) is 22.4. The van der Waals surface area contributed by atoms with E-state index in [1.165, 1.54) is 49.9 Å². The zero-order valence-corrected chi connectivity index (χ0v) is 19.8. The molecule has 1 heterocycles. The molecule has 0 aliphatic carbocycles. The van der Waals surface area contributed by atoms with Gasteiger partial charge in [0.2, 0.25) is 0 Å². The summed E-state index contributed by atoms with van der Waals surface area (Å²) in [7, 11) is 2.24. The first-order chi connectivity index (χ1) is 14.0. The lowest BCUT2D eigenvalue weighted by Gasteiger charge is -2.42. The van der Waals surface area contributed by atoms with E-state index in [9.17, 15) is 5.11 Å². The van der Waals surface area contributed by atoms with Gasteiger partial charge in [0.1, 0.15) is 5.75 Å². The quantitative estimate of drug-likeness (QED) is 0.349. The molecule has 1 aliphatic heterocycles. The molecule has 5 heteroatoms. The molecule has 1 aliphatic rings. The van der Waals surface area contributed by atoms with Crippen LogP contribution in [-0.4, -0.2) is 34.8 Å². The largest absolute Gasteiger partial charge is 0.507 e. The van der Waals surface area contributed by atoms with Gasteiger partial charge in [-0.3, -0.25) is 0 Å². The van der Waals surface area contributed by atoms with Crippen LogP contribution in [0.5, 0.6) is 5.75 Å². The molecule has 0 saturated heterocycles. The van der Waals surface area contributed by atoms with Gasteiger partial charge in [0, 0.05) is 17.8 Å². The van der Waals surface area contributed by atoms with Crippen molar-refractivity contribution >= 4 is 35.1 Å². The number of fused-ring (bicyclic) bond motifs is 1. The van der Waals surface area contributed by atoms with Crippen LogP contribution in [0.3, 0.4) is 0 Å². The molecular formula is C24H34N2OS2. The number of para-hydroxylation sites is 1. The summed E-state index contributed by atoms with van der Waals surface area (Å²) in [5, 5.41) is 10.5. The third kappa shape index (κ3) is 4.89. The lowest BCUT2D eigenvalue weighted by atomic mass is 9.86. The van der Waals surface area contributed by atoms with Crippen LogP contribution in [0.15, 0.2) is 52.3 Å². The van der Waals surface area contributed by atoms with Crippen molar-refractivity contribution in [1.82, 2.24) is 4.31 Å². The number of phenols is 1. The van der Waals surface area contributed by atoms with Gasteiger partial charge in [-0.15, -0.1) is 11.8 Å². The summed E-state index contributed by atoms with van der Waals surface area (Å²) in [5.41, 5.74) is 2.52. The Morgan fingerprint density at radius 2 is 1.72 bits per heavy atom. The second kappa shape index (κ2) is 10.1. The minimum atomic E-state index is 0.0979. The number of hydrogen-bond donors (Lipinski definition) is 1. The molecule has 1 N–H and O–H groups in total. The second-order valence-corrected chi connectivity index (χ2v) is 9.95. The van der Waals surface area contributed by atoms with E-state index in [-0.39, 0.29) is 5.54 Å². The Morgan fingerprint density at radius 1 is 1.07 bits per heavy atom. The molecule has 3 nitrogen and oxygen atoms in total. The molecule has 0 amide bonds. The Balaban J connectivity index is 2.13. The number of thioether (sulfide) groups is 1. The number of hydrogen-bond acceptors (Lipinski definition) is 5. The number of nitrogens with zero attached hydrogens (tertiary/aromatic N) is 2. The zero-order valence-electron chi connectivity index (χ0n) is 18.1. The fourth-order valence-corrected chi connectivity index (χ4v) is 5.81. The maximum Gasteiger partial charge on any atom is 0.130 e. The van der Waals surface area contributed by atoms with Crippen molar-refractivity contribution in [2.24, 2.45) is 0 Å². The Morgan fingerprint density at radius 3 is 2.31 bits per heavy atom. The van der Waals surface area contributed by atoms with Crippen LogP contribution >= 0.6 is 23.7 Å². The molecule has 0 fully saturated rings. The number of unbranched alkanes of at least 4 members (excludes halogenated alkanes) is 2. The molecule has 29 heavy (non-hydrogen) atoms. The SMILES string of the molecule is CCCCC1(CCCC)CN(c2ccccc2)c2cc(SC)c(O)cc2SN1C. The summed E-state index contributed by atoms with van der Waals surface area (Å²) in [6.07, 6.45) is 9.28. The van der Waals surface area contributed by atoms with Crippen molar-refractivity contribution in [3.8, 4) is 5.75 Å². The number of aromatic hydroxyl groups is 1. The van der Waals surface area contributed by atoms with E-state index in [0.29, 0.717) is 5.75 Å². The van der Waals surface area contributed by atoms with E-state index in [1.54, 1.807) is 23.7 Å². The molecule has 0 spiro atoms. The first-order valence-corrected chi connectivity index (χ1v) is 12.7.